The number of rotatable bonds is 3. The van der Waals surface area contributed by atoms with Crippen LogP contribution in [0.1, 0.15) is 34.8 Å². The minimum atomic E-state index is -0.190. The van der Waals surface area contributed by atoms with Gasteiger partial charge in [0.1, 0.15) is 11.5 Å². The Hall–Kier alpha value is -2.43. The van der Waals surface area contributed by atoms with Crippen molar-refractivity contribution in [3.05, 3.63) is 53.6 Å². The molecule has 0 saturated carbocycles. The zero-order valence-corrected chi connectivity index (χ0v) is 13.2. The number of aromatic hydroxyl groups is 2. The Bertz CT molecular complexity index is 715. The summed E-state index contributed by atoms with van der Waals surface area (Å²) in [6, 6.07) is 12.5. The van der Waals surface area contributed by atoms with Gasteiger partial charge < -0.3 is 15.1 Å². The molecule has 4 nitrogen and oxygen atoms in total. The normalized spacial score (nSPS) is 17.3. The van der Waals surface area contributed by atoms with E-state index in [9.17, 15) is 15.0 Å². The Kier molecular flexibility index (Phi) is 4.28. The largest absolute Gasteiger partial charge is 0.508 e. The summed E-state index contributed by atoms with van der Waals surface area (Å²) < 4.78 is 0. The van der Waals surface area contributed by atoms with Gasteiger partial charge in [-0.3, -0.25) is 4.79 Å². The molecule has 118 valence electrons. The summed E-state index contributed by atoms with van der Waals surface area (Å²) in [4.78, 5) is 14.6. The van der Waals surface area contributed by atoms with Crippen molar-refractivity contribution in [3.63, 3.8) is 0 Å². The van der Waals surface area contributed by atoms with Crippen molar-refractivity contribution < 1.29 is 15.0 Å². The molecule has 5 heteroatoms. The van der Waals surface area contributed by atoms with E-state index in [4.69, 9.17) is 0 Å². The van der Waals surface area contributed by atoms with Crippen LogP contribution in [0.5, 0.6) is 11.5 Å². The first-order valence-corrected chi connectivity index (χ1v) is 8.02. The highest BCUT2D eigenvalue weighted by molar-refractivity contribution is 6.51. The zero-order valence-electron chi connectivity index (χ0n) is 13.2. The smallest absolute Gasteiger partial charge is 0.258 e. The van der Waals surface area contributed by atoms with Crippen LogP contribution >= 0.6 is 0 Å². The molecule has 2 N–H and O–H groups in total. The van der Waals surface area contributed by atoms with Crippen molar-refractivity contribution in [1.29, 1.82) is 0 Å². The van der Waals surface area contributed by atoms with Crippen LogP contribution in [0.3, 0.4) is 0 Å². The van der Waals surface area contributed by atoms with Gasteiger partial charge in [0.25, 0.3) is 5.91 Å². The second-order valence-electron chi connectivity index (χ2n) is 5.95. The summed E-state index contributed by atoms with van der Waals surface area (Å²) in [6.45, 7) is 2.80. The first kappa shape index (κ1) is 15.5. The molecule has 1 unspecified atom stereocenters. The van der Waals surface area contributed by atoms with Gasteiger partial charge in [0.2, 0.25) is 0 Å². The number of nitrogens with zero attached hydrogens (tertiary/aromatic N) is 1. The number of amides is 1. The minimum Gasteiger partial charge on any atom is -0.508 e. The molecule has 0 bridgehead atoms. The topological polar surface area (TPSA) is 60.8 Å². The average Bonchev–Trinajstić information content (AvgIpc) is 3.04. The van der Waals surface area contributed by atoms with E-state index in [1.165, 1.54) is 23.7 Å². The summed E-state index contributed by atoms with van der Waals surface area (Å²) >= 11 is 0. The van der Waals surface area contributed by atoms with Crippen LogP contribution in [0.25, 0.3) is 0 Å². The number of likely N-dealkylation sites (tertiary alicyclic amines) is 1. The standard InChI is InChI=1S/C18H20BNO3/c1-19-13-6-4-12(5-7-13)16-3-2-10-20(16)18(23)15-9-8-14(21)11-17(15)22/h4-9,11,16,19,21-22H,2-3,10H2,1H3. The van der Waals surface area contributed by atoms with Crippen LogP contribution in [0.15, 0.2) is 42.5 Å². The van der Waals surface area contributed by atoms with Crippen molar-refractivity contribution in [3.8, 4) is 11.5 Å². The number of benzene rings is 2. The average molecular weight is 309 g/mol. The van der Waals surface area contributed by atoms with Crippen molar-refractivity contribution in [2.45, 2.75) is 25.7 Å². The van der Waals surface area contributed by atoms with E-state index in [1.54, 1.807) is 0 Å². The van der Waals surface area contributed by atoms with Gasteiger partial charge in [-0.2, -0.15) is 0 Å². The van der Waals surface area contributed by atoms with E-state index in [2.05, 4.69) is 31.1 Å². The zero-order chi connectivity index (χ0) is 16.4. The number of phenolic OH excluding ortho intramolecular Hbond substituents is 2. The van der Waals surface area contributed by atoms with Crippen LogP contribution in [-0.4, -0.2) is 34.8 Å². The van der Waals surface area contributed by atoms with Crippen LogP contribution < -0.4 is 5.46 Å². The quantitative estimate of drug-likeness (QED) is 0.854. The van der Waals surface area contributed by atoms with Crippen molar-refractivity contribution in [2.24, 2.45) is 0 Å². The molecule has 1 amide bonds. The fourth-order valence-corrected chi connectivity index (χ4v) is 3.19. The maximum absolute atomic E-state index is 12.8. The summed E-state index contributed by atoms with van der Waals surface area (Å²) in [6.07, 6.45) is 1.88. The van der Waals surface area contributed by atoms with Gasteiger partial charge in [-0.25, -0.2) is 0 Å². The van der Waals surface area contributed by atoms with Gasteiger partial charge in [-0.15, -0.1) is 0 Å². The molecule has 3 rings (SSSR count). The third-order valence-electron chi connectivity index (χ3n) is 4.50. The molecule has 2 aromatic carbocycles. The van der Waals surface area contributed by atoms with Crippen molar-refractivity contribution in [1.82, 2.24) is 4.90 Å². The molecule has 1 fully saturated rings. The molecule has 1 aliphatic rings. The third kappa shape index (κ3) is 3.04. The van der Waals surface area contributed by atoms with Gasteiger partial charge in [0.05, 0.1) is 11.6 Å². The molecule has 0 spiro atoms. The van der Waals surface area contributed by atoms with E-state index >= 15 is 0 Å². The Morgan fingerprint density at radius 3 is 2.57 bits per heavy atom. The maximum Gasteiger partial charge on any atom is 0.258 e. The Morgan fingerprint density at radius 2 is 1.91 bits per heavy atom. The first-order chi connectivity index (χ1) is 11.1. The van der Waals surface area contributed by atoms with Crippen molar-refractivity contribution in [2.75, 3.05) is 6.54 Å². The molecule has 2 aromatic rings. The molecule has 0 radical (unpaired) electrons. The van der Waals surface area contributed by atoms with E-state index in [0.717, 1.165) is 25.7 Å². The Morgan fingerprint density at radius 1 is 1.17 bits per heavy atom. The predicted molar refractivity (Wildman–Crippen MR) is 91.9 cm³/mol. The van der Waals surface area contributed by atoms with Gasteiger partial charge in [-0.1, -0.05) is 36.6 Å². The van der Waals surface area contributed by atoms with E-state index in [-0.39, 0.29) is 29.0 Å². The second-order valence-corrected chi connectivity index (χ2v) is 5.95. The van der Waals surface area contributed by atoms with Crippen LogP contribution in [0.2, 0.25) is 6.82 Å². The maximum atomic E-state index is 12.8. The number of hydrogen-bond donors (Lipinski definition) is 2. The highest BCUT2D eigenvalue weighted by Gasteiger charge is 2.31. The highest BCUT2D eigenvalue weighted by atomic mass is 16.3. The van der Waals surface area contributed by atoms with Crippen molar-refractivity contribution >= 4 is 18.6 Å². The SMILES string of the molecule is CBc1ccc(C2CCCN2C(=O)c2ccc(O)cc2O)cc1. The lowest BCUT2D eigenvalue weighted by Crippen LogP contribution is -2.30. The lowest BCUT2D eigenvalue weighted by Gasteiger charge is -2.25. The minimum absolute atomic E-state index is 0.0432. The molecule has 1 aliphatic heterocycles. The number of hydrogen-bond acceptors (Lipinski definition) is 3. The number of carbonyl (C=O) groups excluding carboxylic acids is 1. The van der Waals surface area contributed by atoms with Gasteiger partial charge >= 0.3 is 0 Å². The van der Waals surface area contributed by atoms with Gasteiger partial charge in [-0.05, 0) is 30.5 Å². The lowest BCUT2D eigenvalue weighted by molar-refractivity contribution is 0.0732. The highest BCUT2D eigenvalue weighted by Crippen LogP contribution is 2.34. The summed E-state index contributed by atoms with van der Waals surface area (Å²) in [5, 5.41) is 19.3. The van der Waals surface area contributed by atoms with Gasteiger partial charge in [0.15, 0.2) is 7.28 Å². The van der Waals surface area contributed by atoms with E-state index in [1.807, 2.05) is 4.90 Å². The number of phenols is 2. The van der Waals surface area contributed by atoms with Crippen LogP contribution in [-0.2, 0) is 0 Å². The summed E-state index contributed by atoms with van der Waals surface area (Å²) in [5.74, 6) is -0.418. The fourth-order valence-electron chi connectivity index (χ4n) is 3.19. The second kappa shape index (κ2) is 6.36. The molecule has 1 atom stereocenters. The van der Waals surface area contributed by atoms with Crippen LogP contribution in [0, 0.1) is 0 Å². The van der Waals surface area contributed by atoms with E-state index < -0.39 is 0 Å². The van der Waals surface area contributed by atoms with Gasteiger partial charge in [0, 0.05) is 12.6 Å². The molecule has 1 saturated heterocycles. The Balaban J connectivity index is 1.86. The summed E-state index contributed by atoms with van der Waals surface area (Å²) in [5.41, 5.74) is 2.65. The molecule has 0 aromatic heterocycles. The molecule has 1 heterocycles. The number of carbonyl (C=O) groups is 1. The monoisotopic (exact) mass is 309 g/mol. The molecular weight excluding hydrogens is 289 g/mol. The fraction of sp³-hybridized carbons (Fsp3) is 0.278. The Labute approximate surface area is 136 Å². The third-order valence-corrected chi connectivity index (χ3v) is 4.50. The van der Waals surface area contributed by atoms with E-state index in [0.29, 0.717) is 6.54 Å². The summed E-state index contributed by atoms with van der Waals surface area (Å²) in [7, 11) is 0.995. The lowest BCUT2D eigenvalue weighted by atomic mass is 9.73. The molecule has 23 heavy (non-hydrogen) atoms. The first-order valence-electron chi connectivity index (χ1n) is 8.02. The molecule has 0 aliphatic carbocycles. The van der Waals surface area contributed by atoms with Crippen LogP contribution in [0.4, 0.5) is 0 Å². The predicted octanol–water partition coefficient (Wildman–Crippen LogP) is 2.18. The molecular formula is C18H20BNO3.